The van der Waals surface area contributed by atoms with Gasteiger partial charge < -0.3 is 34.4 Å². The van der Waals surface area contributed by atoms with Gasteiger partial charge in [-0.05, 0) is 90.8 Å². The molecule has 3 heterocycles. The summed E-state index contributed by atoms with van der Waals surface area (Å²) in [5.41, 5.74) is 6.11. The van der Waals surface area contributed by atoms with Crippen molar-refractivity contribution in [2.45, 2.75) is 76.4 Å². The number of nitrogens with zero attached hydrogens (tertiary/aromatic N) is 4. The van der Waals surface area contributed by atoms with Crippen LogP contribution in [0.4, 0.5) is 32.3 Å². The van der Waals surface area contributed by atoms with Crippen LogP contribution in [-0.4, -0.2) is 85.5 Å². The molecule has 1 N–H and O–H groups in total. The van der Waals surface area contributed by atoms with Crippen molar-refractivity contribution in [2.24, 2.45) is 0 Å². The fourth-order valence-corrected chi connectivity index (χ4v) is 6.73. The second-order valence-electron chi connectivity index (χ2n) is 13.4. The summed E-state index contributed by atoms with van der Waals surface area (Å²) < 4.78 is 11.1. The Morgan fingerprint density at radius 3 is 1.33 bits per heavy atom. The molecule has 9 nitrogen and oxygen atoms in total. The van der Waals surface area contributed by atoms with Crippen molar-refractivity contribution < 1.29 is 19.1 Å². The number of fused-ring (bicyclic) bond motifs is 2. The molecule has 42 heavy (non-hydrogen) atoms. The van der Waals surface area contributed by atoms with E-state index in [2.05, 4.69) is 53.2 Å². The van der Waals surface area contributed by atoms with Crippen LogP contribution in [0, 0.1) is 13.8 Å². The average Bonchev–Trinajstić information content (AvgIpc) is 2.90. The number of aryl methyl sites for hydroxylation is 2. The topological polar surface area (TPSA) is 77.6 Å². The summed E-state index contributed by atoms with van der Waals surface area (Å²) in [6, 6.07) is 9.03. The van der Waals surface area contributed by atoms with Gasteiger partial charge in [-0.3, -0.25) is 0 Å². The Balaban J connectivity index is 1.26. The maximum atomic E-state index is 12.5. The van der Waals surface area contributed by atoms with Gasteiger partial charge in [-0.1, -0.05) is 11.8 Å². The number of rotatable bonds is 2. The molecule has 2 saturated heterocycles. The smallest absolute Gasteiger partial charge is 0.410 e. The zero-order valence-corrected chi connectivity index (χ0v) is 27.1. The molecule has 2 aromatic carbocycles. The SMILES string of the molecule is Cc1cc(N2CCN(C(=O)OC(C)(C)C)CC2)cc2c1Nc1c(C)cc(N3CCN(C(=O)OC(C)(C)C)CC3)cc1S2. The highest BCUT2D eigenvalue weighted by Gasteiger charge is 2.29. The highest BCUT2D eigenvalue weighted by molar-refractivity contribution is 7.99. The summed E-state index contributed by atoms with van der Waals surface area (Å²) >= 11 is 1.81. The van der Waals surface area contributed by atoms with Gasteiger partial charge >= 0.3 is 12.2 Å². The lowest BCUT2D eigenvalue weighted by atomic mass is 10.1. The molecule has 2 amide bonds. The number of hydrogen-bond donors (Lipinski definition) is 1. The maximum Gasteiger partial charge on any atom is 0.410 e. The predicted octanol–water partition coefficient (Wildman–Crippen LogP) is 6.63. The lowest BCUT2D eigenvalue weighted by molar-refractivity contribution is 0.0230. The molecule has 3 aliphatic heterocycles. The minimum absolute atomic E-state index is 0.238. The van der Waals surface area contributed by atoms with E-state index >= 15 is 0 Å². The lowest BCUT2D eigenvalue weighted by Gasteiger charge is -2.38. The van der Waals surface area contributed by atoms with Crippen LogP contribution in [0.25, 0.3) is 0 Å². The first-order valence-electron chi connectivity index (χ1n) is 14.9. The van der Waals surface area contributed by atoms with Gasteiger partial charge in [0.15, 0.2) is 0 Å². The summed E-state index contributed by atoms with van der Waals surface area (Å²) in [6.45, 7) is 21.4. The van der Waals surface area contributed by atoms with Crippen LogP contribution in [-0.2, 0) is 9.47 Å². The fraction of sp³-hybridized carbons (Fsp3) is 0.562. The number of anilines is 4. The van der Waals surface area contributed by atoms with Crippen LogP contribution in [0.5, 0.6) is 0 Å². The van der Waals surface area contributed by atoms with Crippen LogP contribution < -0.4 is 15.1 Å². The monoisotopic (exact) mass is 595 g/mol. The second kappa shape index (κ2) is 11.4. The van der Waals surface area contributed by atoms with Crippen molar-refractivity contribution in [3.8, 4) is 0 Å². The maximum absolute atomic E-state index is 12.5. The molecule has 5 rings (SSSR count). The molecular formula is C32H45N5O4S. The number of amides is 2. The van der Waals surface area contributed by atoms with E-state index in [9.17, 15) is 9.59 Å². The highest BCUT2D eigenvalue weighted by atomic mass is 32.2. The number of piperazine rings is 2. The van der Waals surface area contributed by atoms with E-state index in [4.69, 9.17) is 9.47 Å². The first-order chi connectivity index (χ1) is 19.7. The molecular weight excluding hydrogens is 550 g/mol. The van der Waals surface area contributed by atoms with E-state index in [-0.39, 0.29) is 12.2 Å². The molecule has 0 aromatic heterocycles. The van der Waals surface area contributed by atoms with Gasteiger partial charge in [0.25, 0.3) is 0 Å². The number of carbonyl (C=O) groups excluding carboxylic acids is 2. The Morgan fingerprint density at radius 2 is 1.00 bits per heavy atom. The third-order valence-electron chi connectivity index (χ3n) is 7.63. The summed E-state index contributed by atoms with van der Waals surface area (Å²) in [5, 5.41) is 3.73. The van der Waals surface area contributed by atoms with E-state index in [1.807, 2.05) is 41.5 Å². The predicted molar refractivity (Wildman–Crippen MR) is 170 cm³/mol. The van der Waals surface area contributed by atoms with Crippen LogP contribution >= 0.6 is 11.8 Å². The summed E-state index contributed by atoms with van der Waals surface area (Å²) in [5.74, 6) is 0. The van der Waals surface area contributed by atoms with Gasteiger partial charge in [0.2, 0.25) is 0 Å². The van der Waals surface area contributed by atoms with Gasteiger partial charge in [0.05, 0.1) is 11.4 Å². The average molecular weight is 596 g/mol. The number of benzene rings is 2. The second-order valence-corrected chi connectivity index (χ2v) is 14.5. The standard InChI is InChI=1S/C32H45N5O4S/c1-21-17-23(34-9-13-36(14-10-34)29(38)40-31(3,4)5)19-25-27(21)33-28-22(2)18-24(20-26(28)42-25)35-11-15-37(16-12-35)30(39)41-32(6,7)8/h17-20,33H,9-16H2,1-8H3. The zero-order chi connectivity index (χ0) is 30.4. The zero-order valence-electron chi connectivity index (χ0n) is 26.3. The Bertz CT molecular complexity index is 1250. The number of hydrogen-bond acceptors (Lipinski definition) is 8. The van der Waals surface area contributed by atoms with Gasteiger partial charge in [-0.25, -0.2) is 9.59 Å². The quantitative estimate of drug-likeness (QED) is 0.354. The lowest BCUT2D eigenvalue weighted by Crippen LogP contribution is -2.50. The van der Waals surface area contributed by atoms with Crippen molar-refractivity contribution >= 4 is 46.7 Å². The largest absolute Gasteiger partial charge is 0.444 e. The highest BCUT2D eigenvalue weighted by Crippen LogP contribution is 2.49. The molecule has 0 unspecified atom stereocenters. The third-order valence-corrected chi connectivity index (χ3v) is 8.71. The summed E-state index contributed by atoms with van der Waals surface area (Å²) in [7, 11) is 0. The number of ether oxygens (including phenoxy) is 2. The van der Waals surface area contributed by atoms with Crippen LogP contribution in [0.1, 0.15) is 52.7 Å². The van der Waals surface area contributed by atoms with Crippen LogP contribution in [0.15, 0.2) is 34.1 Å². The normalized spacial score (nSPS) is 17.3. The molecule has 2 fully saturated rings. The molecule has 0 saturated carbocycles. The summed E-state index contributed by atoms with van der Waals surface area (Å²) in [6.07, 6.45) is -0.477. The first kappa shape index (κ1) is 30.2. The van der Waals surface area contributed by atoms with Crippen LogP contribution in [0.2, 0.25) is 0 Å². The Labute approximate surface area is 254 Å². The molecule has 228 valence electrons. The van der Waals surface area contributed by atoms with Crippen molar-refractivity contribution in [2.75, 3.05) is 67.5 Å². The third kappa shape index (κ3) is 6.85. The molecule has 10 heteroatoms. The van der Waals surface area contributed by atoms with E-state index in [1.165, 1.54) is 32.3 Å². The fourth-order valence-electron chi connectivity index (χ4n) is 5.51. The number of nitrogens with one attached hydrogen (secondary N) is 1. The van der Waals surface area contributed by atoms with Crippen LogP contribution in [0.3, 0.4) is 0 Å². The Kier molecular flexibility index (Phi) is 8.22. The van der Waals surface area contributed by atoms with Crippen molar-refractivity contribution in [3.05, 3.63) is 35.4 Å². The van der Waals surface area contributed by atoms with E-state index < -0.39 is 11.2 Å². The minimum Gasteiger partial charge on any atom is -0.444 e. The molecule has 3 aliphatic rings. The van der Waals surface area contributed by atoms with E-state index in [0.717, 1.165) is 37.6 Å². The molecule has 0 bridgehead atoms. The number of carbonyl (C=O) groups is 2. The van der Waals surface area contributed by atoms with Gasteiger partial charge in [0, 0.05) is 73.5 Å². The molecule has 0 atom stereocenters. The minimum atomic E-state index is -0.489. The van der Waals surface area contributed by atoms with Gasteiger partial charge in [-0.2, -0.15) is 0 Å². The Hall–Kier alpha value is -3.27. The van der Waals surface area contributed by atoms with Crippen molar-refractivity contribution in [3.63, 3.8) is 0 Å². The van der Waals surface area contributed by atoms with Crippen molar-refractivity contribution in [1.82, 2.24) is 9.80 Å². The van der Waals surface area contributed by atoms with Gasteiger partial charge in [0.1, 0.15) is 11.2 Å². The van der Waals surface area contributed by atoms with E-state index in [1.54, 1.807) is 21.6 Å². The van der Waals surface area contributed by atoms with E-state index in [0.29, 0.717) is 26.2 Å². The summed E-state index contributed by atoms with van der Waals surface area (Å²) in [4.78, 5) is 35.8. The first-order valence-corrected chi connectivity index (χ1v) is 15.7. The van der Waals surface area contributed by atoms with Crippen molar-refractivity contribution in [1.29, 1.82) is 0 Å². The Morgan fingerprint density at radius 1 is 0.643 bits per heavy atom. The molecule has 0 radical (unpaired) electrons. The molecule has 2 aromatic rings. The molecule has 0 spiro atoms. The van der Waals surface area contributed by atoms with Gasteiger partial charge in [-0.15, -0.1) is 0 Å². The molecule has 0 aliphatic carbocycles.